The summed E-state index contributed by atoms with van der Waals surface area (Å²) >= 11 is 3.01. The van der Waals surface area contributed by atoms with E-state index in [9.17, 15) is 8.78 Å². The highest BCUT2D eigenvalue weighted by Gasteiger charge is 2.16. The van der Waals surface area contributed by atoms with Crippen LogP contribution in [0.25, 0.3) is 0 Å². The summed E-state index contributed by atoms with van der Waals surface area (Å²) in [7, 11) is 0. The first-order valence-corrected chi connectivity index (χ1v) is 4.28. The van der Waals surface area contributed by atoms with Crippen molar-refractivity contribution in [2.75, 3.05) is 5.73 Å². The van der Waals surface area contributed by atoms with E-state index >= 15 is 0 Å². The van der Waals surface area contributed by atoms with E-state index < -0.39 is 6.43 Å². The van der Waals surface area contributed by atoms with Crippen LogP contribution in [0.5, 0.6) is 0 Å². The highest BCUT2D eigenvalue weighted by molar-refractivity contribution is 9.10. The van der Waals surface area contributed by atoms with Crippen molar-refractivity contribution in [3.63, 3.8) is 0 Å². The summed E-state index contributed by atoms with van der Waals surface area (Å²) in [5.74, 6) is 0.179. The molecule has 0 aliphatic heterocycles. The van der Waals surface area contributed by atoms with Gasteiger partial charge in [0.1, 0.15) is 5.82 Å². The molecule has 1 rings (SSSR count). The summed E-state index contributed by atoms with van der Waals surface area (Å²) in [5.41, 5.74) is 11.0. The Morgan fingerprint density at radius 1 is 1.54 bits per heavy atom. The van der Waals surface area contributed by atoms with Crippen LogP contribution in [0.1, 0.15) is 17.6 Å². The minimum absolute atomic E-state index is 0.0833. The molecule has 1 aromatic heterocycles. The molecular formula is C7H8BrF2N3. The fraction of sp³-hybridized carbons (Fsp3) is 0.286. The second-order valence-corrected chi connectivity index (χ2v) is 3.19. The molecule has 72 valence electrons. The van der Waals surface area contributed by atoms with E-state index in [1.165, 1.54) is 0 Å². The molecule has 0 aliphatic carbocycles. The van der Waals surface area contributed by atoms with E-state index in [1.54, 1.807) is 0 Å². The average molecular weight is 252 g/mol. The van der Waals surface area contributed by atoms with E-state index in [0.29, 0.717) is 5.56 Å². The topological polar surface area (TPSA) is 64.9 Å². The molecule has 13 heavy (non-hydrogen) atoms. The van der Waals surface area contributed by atoms with Crippen molar-refractivity contribution in [2.24, 2.45) is 5.73 Å². The summed E-state index contributed by atoms with van der Waals surface area (Å²) in [6.07, 6.45) is -1.53. The molecule has 1 aromatic rings. The minimum atomic E-state index is -2.58. The first-order chi connectivity index (χ1) is 6.07. The Morgan fingerprint density at radius 3 is 2.62 bits per heavy atom. The fourth-order valence-electron chi connectivity index (χ4n) is 0.907. The fourth-order valence-corrected chi connectivity index (χ4v) is 1.55. The first-order valence-electron chi connectivity index (χ1n) is 3.49. The normalized spacial score (nSPS) is 10.8. The van der Waals surface area contributed by atoms with E-state index in [0.717, 1.165) is 6.20 Å². The molecule has 0 atom stereocenters. The van der Waals surface area contributed by atoms with Gasteiger partial charge in [0.15, 0.2) is 0 Å². The van der Waals surface area contributed by atoms with Gasteiger partial charge in [-0.3, -0.25) is 0 Å². The Morgan fingerprint density at radius 2 is 2.15 bits per heavy atom. The summed E-state index contributed by atoms with van der Waals surface area (Å²) in [6, 6.07) is 0. The number of nitrogens with zero attached hydrogens (tertiary/aromatic N) is 1. The van der Waals surface area contributed by atoms with Gasteiger partial charge in [0, 0.05) is 22.8 Å². The lowest BCUT2D eigenvalue weighted by Crippen LogP contribution is -2.06. The Hall–Kier alpha value is -0.750. The van der Waals surface area contributed by atoms with Crippen molar-refractivity contribution >= 4 is 21.7 Å². The maximum Gasteiger partial charge on any atom is 0.266 e. The van der Waals surface area contributed by atoms with Crippen molar-refractivity contribution in [2.45, 2.75) is 13.0 Å². The van der Waals surface area contributed by atoms with Crippen LogP contribution in [-0.4, -0.2) is 4.98 Å². The minimum Gasteiger partial charge on any atom is -0.383 e. The standard InChI is InChI=1S/C7H8BrF2N3/c8-5-3(1-11)7(12)13-2-4(5)6(9)10/h2,6H,1,11H2,(H2,12,13). The van der Waals surface area contributed by atoms with Gasteiger partial charge in [-0.2, -0.15) is 0 Å². The number of nitrogen functional groups attached to an aromatic ring is 1. The van der Waals surface area contributed by atoms with Crippen LogP contribution >= 0.6 is 15.9 Å². The molecule has 4 N–H and O–H groups in total. The number of hydrogen-bond donors (Lipinski definition) is 2. The highest BCUT2D eigenvalue weighted by Crippen LogP contribution is 2.31. The smallest absolute Gasteiger partial charge is 0.266 e. The predicted octanol–water partition coefficient (Wildman–Crippen LogP) is 1.82. The van der Waals surface area contributed by atoms with Crippen molar-refractivity contribution in [1.29, 1.82) is 0 Å². The molecule has 0 bridgehead atoms. The first kappa shape index (κ1) is 10.3. The number of hydrogen-bond acceptors (Lipinski definition) is 3. The largest absolute Gasteiger partial charge is 0.383 e. The third-order valence-electron chi connectivity index (χ3n) is 1.61. The summed E-state index contributed by atoms with van der Waals surface area (Å²) in [4.78, 5) is 3.62. The second-order valence-electron chi connectivity index (χ2n) is 2.40. The van der Waals surface area contributed by atoms with E-state index in [-0.39, 0.29) is 22.4 Å². The molecule has 0 unspecified atom stereocenters. The van der Waals surface area contributed by atoms with Gasteiger partial charge < -0.3 is 11.5 Å². The molecule has 0 spiro atoms. The van der Waals surface area contributed by atoms with Crippen LogP contribution in [0.15, 0.2) is 10.7 Å². The van der Waals surface area contributed by atoms with E-state index in [2.05, 4.69) is 20.9 Å². The van der Waals surface area contributed by atoms with Gasteiger partial charge in [-0.25, -0.2) is 13.8 Å². The van der Waals surface area contributed by atoms with Crippen molar-refractivity contribution < 1.29 is 8.78 Å². The molecule has 3 nitrogen and oxygen atoms in total. The summed E-state index contributed by atoms with van der Waals surface area (Å²) in [5, 5.41) is 0. The molecule has 0 aliphatic rings. The van der Waals surface area contributed by atoms with Gasteiger partial charge >= 0.3 is 0 Å². The molecule has 6 heteroatoms. The van der Waals surface area contributed by atoms with Gasteiger partial charge in [-0.1, -0.05) is 0 Å². The highest BCUT2D eigenvalue weighted by atomic mass is 79.9. The Balaban J connectivity index is 3.27. The molecule has 0 aromatic carbocycles. The zero-order valence-electron chi connectivity index (χ0n) is 6.60. The zero-order chi connectivity index (χ0) is 10.0. The number of anilines is 1. The van der Waals surface area contributed by atoms with Crippen LogP contribution in [0.3, 0.4) is 0 Å². The van der Waals surface area contributed by atoms with Crippen LogP contribution in [0, 0.1) is 0 Å². The molecule has 1 heterocycles. The monoisotopic (exact) mass is 251 g/mol. The van der Waals surface area contributed by atoms with Crippen molar-refractivity contribution in [1.82, 2.24) is 4.98 Å². The van der Waals surface area contributed by atoms with Crippen LogP contribution in [-0.2, 0) is 6.54 Å². The lowest BCUT2D eigenvalue weighted by Gasteiger charge is -2.09. The van der Waals surface area contributed by atoms with Gasteiger partial charge in [0.25, 0.3) is 6.43 Å². The molecule has 0 saturated carbocycles. The lowest BCUT2D eigenvalue weighted by atomic mass is 10.2. The number of pyridine rings is 1. The SMILES string of the molecule is NCc1c(N)ncc(C(F)F)c1Br. The van der Waals surface area contributed by atoms with Crippen LogP contribution < -0.4 is 11.5 Å². The molecule has 0 amide bonds. The summed E-state index contributed by atoms with van der Waals surface area (Å²) in [6.45, 7) is 0.0833. The zero-order valence-corrected chi connectivity index (χ0v) is 8.18. The third-order valence-corrected chi connectivity index (χ3v) is 2.55. The van der Waals surface area contributed by atoms with Gasteiger partial charge in [-0.15, -0.1) is 0 Å². The van der Waals surface area contributed by atoms with E-state index in [1.807, 2.05) is 0 Å². The molecule has 0 radical (unpaired) electrons. The number of halogens is 3. The predicted molar refractivity (Wildman–Crippen MR) is 49.2 cm³/mol. The Labute approximate surface area is 82.3 Å². The van der Waals surface area contributed by atoms with Crippen LogP contribution in [0.4, 0.5) is 14.6 Å². The maximum absolute atomic E-state index is 12.3. The number of alkyl halides is 2. The van der Waals surface area contributed by atoms with Gasteiger partial charge in [0.2, 0.25) is 0 Å². The van der Waals surface area contributed by atoms with Crippen molar-refractivity contribution in [3.05, 3.63) is 21.8 Å². The molecular weight excluding hydrogens is 244 g/mol. The maximum atomic E-state index is 12.3. The summed E-state index contributed by atoms with van der Waals surface area (Å²) < 4.78 is 24.9. The third kappa shape index (κ3) is 1.94. The van der Waals surface area contributed by atoms with Crippen molar-refractivity contribution in [3.8, 4) is 0 Å². The Kier molecular flexibility index (Phi) is 3.16. The quantitative estimate of drug-likeness (QED) is 0.843. The molecule has 0 fully saturated rings. The van der Waals surface area contributed by atoms with E-state index in [4.69, 9.17) is 11.5 Å². The van der Waals surface area contributed by atoms with Crippen LogP contribution in [0.2, 0.25) is 0 Å². The number of aromatic nitrogens is 1. The lowest BCUT2D eigenvalue weighted by molar-refractivity contribution is 0.150. The Bertz CT molecular complexity index is 317. The second kappa shape index (κ2) is 3.97. The number of rotatable bonds is 2. The molecule has 0 saturated heterocycles. The number of nitrogens with two attached hydrogens (primary N) is 2. The van der Waals surface area contributed by atoms with Gasteiger partial charge in [0.05, 0.1) is 5.56 Å². The average Bonchev–Trinajstić information content (AvgIpc) is 2.04. The van der Waals surface area contributed by atoms with Gasteiger partial charge in [-0.05, 0) is 15.9 Å².